The van der Waals surface area contributed by atoms with Gasteiger partial charge >= 0.3 is 10.1 Å². The maximum absolute atomic E-state index is 9.54. The Balaban J connectivity index is 0.000000529. The third-order valence-electron chi connectivity index (χ3n) is 4.19. The van der Waals surface area contributed by atoms with Crippen molar-refractivity contribution in [1.29, 1.82) is 10.5 Å². The molecule has 0 aliphatic carbocycles. The Morgan fingerprint density at radius 1 is 0.690 bits per heavy atom. The molecule has 29 heavy (non-hydrogen) atoms. The number of aryl methyl sites for hydroxylation is 2. The fourth-order valence-electron chi connectivity index (χ4n) is 2.80. The van der Waals surface area contributed by atoms with Crippen LogP contribution in [0.15, 0.2) is 48.5 Å². The third-order valence-corrected chi connectivity index (χ3v) is 4.19. The van der Waals surface area contributed by atoms with Gasteiger partial charge in [-0.05, 0) is 62.4 Å². The predicted molar refractivity (Wildman–Crippen MR) is 114 cm³/mol. The van der Waals surface area contributed by atoms with Crippen LogP contribution >= 0.6 is 0 Å². The molecule has 6 nitrogen and oxygen atoms in total. The van der Waals surface area contributed by atoms with E-state index in [4.69, 9.17) is 10.5 Å². The van der Waals surface area contributed by atoms with Gasteiger partial charge in [0, 0.05) is 22.2 Å². The molecule has 0 radical (unpaired) electrons. The SMILES string of the molecule is Cc1ccc2c(C#N)ccc(O)c2n1.Cc1ccc2c(C#N)ccc(O)c2n1.[Be+2].[H-].[H-]. The molecule has 0 fully saturated rings. The third kappa shape index (κ3) is 4.30. The normalized spacial score (nSPS) is 9.66. The monoisotopic (exact) mass is 379 g/mol. The van der Waals surface area contributed by atoms with Crippen LogP contribution in [-0.2, 0) is 0 Å². The molecule has 0 saturated carbocycles. The minimum atomic E-state index is 0. The molecular weight excluding hydrogens is 361 g/mol. The van der Waals surface area contributed by atoms with E-state index in [0.717, 1.165) is 11.4 Å². The van der Waals surface area contributed by atoms with Gasteiger partial charge in [0.2, 0.25) is 0 Å². The molecule has 2 N–H and O–H groups in total. The fraction of sp³-hybridized carbons (Fsp3) is 0.0909. The van der Waals surface area contributed by atoms with Crippen LogP contribution in [0.5, 0.6) is 11.5 Å². The van der Waals surface area contributed by atoms with E-state index >= 15 is 0 Å². The smallest absolute Gasteiger partial charge is 1.00 e. The van der Waals surface area contributed by atoms with E-state index in [1.165, 1.54) is 12.1 Å². The van der Waals surface area contributed by atoms with Gasteiger partial charge in [-0.1, -0.05) is 0 Å². The second kappa shape index (κ2) is 8.80. The Morgan fingerprint density at radius 2 is 1.07 bits per heavy atom. The minimum Gasteiger partial charge on any atom is -1.00 e. The maximum atomic E-state index is 9.54. The quantitative estimate of drug-likeness (QED) is 0.445. The van der Waals surface area contributed by atoms with Crippen LogP contribution in [0.4, 0.5) is 0 Å². The van der Waals surface area contributed by atoms with Crippen LogP contribution < -0.4 is 0 Å². The number of fused-ring (bicyclic) bond motifs is 2. The Morgan fingerprint density at radius 3 is 1.41 bits per heavy atom. The predicted octanol–water partition coefficient (Wildman–Crippen LogP) is 4.09. The zero-order valence-corrected chi connectivity index (χ0v) is 16.0. The number of aromatic nitrogens is 2. The Kier molecular flexibility index (Phi) is 6.47. The largest absolute Gasteiger partial charge is 2.00 e. The number of phenols is 2. The molecule has 2 heterocycles. The van der Waals surface area contributed by atoms with E-state index in [1.54, 1.807) is 24.3 Å². The first-order chi connectivity index (χ1) is 13.4. The van der Waals surface area contributed by atoms with Crippen molar-refractivity contribution >= 4 is 31.9 Å². The standard InChI is InChI=1S/2C11H8N2O.Be.2H/c2*1-7-2-4-9-8(6-12)3-5-10(14)11(9)13-7;;;/h2*2-5,14H,1H3;;;/q;;+2;2*-1. The van der Waals surface area contributed by atoms with Crippen LogP contribution in [0.3, 0.4) is 0 Å². The molecule has 7 heteroatoms. The number of phenolic OH excluding ortho intramolecular Hbond substituents is 2. The zero-order chi connectivity index (χ0) is 20.3. The van der Waals surface area contributed by atoms with Crippen molar-refractivity contribution in [1.82, 2.24) is 9.97 Å². The Bertz CT molecular complexity index is 1200. The summed E-state index contributed by atoms with van der Waals surface area (Å²) < 4.78 is 0. The van der Waals surface area contributed by atoms with Crippen LogP contribution in [-0.4, -0.2) is 30.3 Å². The number of benzene rings is 2. The topological polar surface area (TPSA) is 114 Å². The Hall–Kier alpha value is -3.99. The van der Waals surface area contributed by atoms with Gasteiger partial charge in [0.05, 0.1) is 23.3 Å². The van der Waals surface area contributed by atoms with Crippen LogP contribution in [0.1, 0.15) is 25.4 Å². The second-order valence-corrected chi connectivity index (χ2v) is 6.19. The van der Waals surface area contributed by atoms with Gasteiger partial charge in [-0.15, -0.1) is 0 Å². The van der Waals surface area contributed by atoms with Crippen LogP contribution in [0, 0.1) is 36.5 Å². The molecule has 0 aliphatic heterocycles. The minimum absolute atomic E-state index is 0. The molecular formula is C22H18BeN4O2. The average Bonchev–Trinajstić information content (AvgIpc) is 2.70. The van der Waals surface area contributed by atoms with Crippen LogP contribution in [0.25, 0.3) is 21.8 Å². The molecule has 4 rings (SSSR count). The summed E-state index contributed by atoms with van der Waals surface area (Å²) in [5, 5.41) is 38.1. The van der Waals surface area contributed by atoms with Crippen molar-refractivity contribution in [2.45, 2.75) is 13.8 Å². The molecule has 0 bridgehead atoms. The van der Waals surface area contributed by atoms with E-state index < -0.39 is 0 Å². The van der Waals surface area contributed by atoms with Gasteiger partial charge in [-0.3, -0.25) is 0 Å². The van der Waals surface area contributed by atoms with E-state index in [9.17, 15) is 10.2 Å². The molecule has 0 amide bonds. The number of rotatable bonds is 0. The van der Waals surface area contributed by atoms with E-state index in [1.807, 2.05) is 26.0 Å². The first kappa shape index (κ1) is 21.3. The number of pyridine rings is 2. The molecule has 0 aliphatic rings. The van der Waals surface area contributed by atoms with E-state index in [0.29, 0.717) is 32.9 Å². The van der Waals surface area contributed by atoms with E-state index in [-0.39, 0.29) is 24.5 Å². The Labute approximate surface area is 174 Å². The van der Waals surface area contributed by atoms with Crippen molar-refractivity contribution in [3.63, 3.8) is 0 Å². The van der Waals surface area contributed by atoms with Gasteiger partial charge in [0.15, 0.2) is 0 Å². The first-order valence-electron chi connectivity index (χ1n) is 8.43. The van der Waals surface area contributed by atoms with Crippen molar-refractivity contribution in [3.8, 4) is 23.6 Å². The molecule has 0 spiro atoms. The zero-order valence-electron chi connectivity index (χ0n) is 18.0. The van der Waals surface area contributed by atoms with Gasteiger partial charge in [0.25, 0.3) is 0 Å². The van der Waals surface area contributed by atoms with Gasteiger partial charge < -0.3 is 13.1 Å². The number of nitriles is 2. The number of hydrogen-bond acceptors (Lipinski definition) is 6. The maximum Gasteiger partial charge on any atom is 2.00 e. The number of aromatic hydroxyl groups is 2. The summed E-state index contributed by atoms with van der Waals surface area (Å²) in [6.07, 6.45) is 0. The summed E-state index contributed by atoms with van der Waals surface area (Å²) in [7, 11) is 0. The van der Waals surface area contributed by atoms with Gasteiger partial charge in [0.1, 0.15) is 22.5 Å². The van der Waals surface area contributed by atoms with Crippen LogP contribution in [0.2, 0.25) is 0 Å². The summed E-state index contributed by atoms with van der Waals surface area (Å²) in [6.45, 7) is 3.69. The summed E-state index contributed by atoms with van der Waals surface area (Å²) in [5.74, 6) is 0.227. The van der Waals surface area contributed by atoms with Gasteiger partial charge in [-0.2, -0.15) is 10.5 Å². The molecule has 0 unspecified atom stereocenters. The molecule has 0 saturated heterocycles. The number of nitrogens with zero attached hydrogens (tertiary/aromatic N) is 4. The molecule has 2 aromatic heterocycles. The summed E-state index contributed by atoms with van der Waals surface area (Å²) in [6, 6.07) is 17.5. The fourth-order valence-corrected chi connectivity index (χ4v) is 2.80. The summed E-state index contributed by atoms with van der Waals surface area (Å²) in [5.41, 5.74) is 3.69. The number of hydrogen-bond donors (Lipinski definition) is 2. The van der Waals surface area contributed by atoms with Crippen molar-refractivity contribution in [3.05, 3.63) is 71.0 Å². The molecule has 2 aromatic carbocycles. The second-order valence-electron chi connectivity index (χ2n) is 6.19. The molecule has 0 atom stereocenters. The first-order valence-corrected chi connectivity index (χ1v) is 8.43. The van der Waals surface area contributed by atoms with Crippen molar-refractivity contribution < 1.29 is 13.1 Å². The van der Waals surface area contributed by atoms with Crippen molar-refractivity contribution in [2.24, 2.45) is 0 Å². The summed E-state index contributed by atoms with van der Waals surface area (Å²) >= 11 is 0. The summed E-state index contributed by atoms with van der Waals surface area (Å²) in [4.78, 5) is 8.37. The van der Waals surface area contributed by atoms with Gasteiger partial charge in [-0.25, -0.2) is 9.97 Å². The molecule has 4 aromatic rings. The average molecular weight is 379 g/mol. The molecule has 140 valence electrons. The van der Waals surface area contributed by atoms with E-state index in [2.05, 4.69) is 22.1 Å². The van der Waals surface area contributed by atoms with Crippen molar-refractivity contribution in [2.75, 3.05) is 0 Å².